The molecular weight excluding hydrogens is 244 g/mol. The molecule has 1 aromatic carbocycles. The Bertz CT molecular complexity index is 519. The van der Waals surface area contributed by atoms with Gasteiger partial charge in [0, 0.05) is 11.2 Å². The summed E-state index contributed by atoms with van der Waals surface area (Å²) in [6.45, 7) is 0.418. The Hall–Kier alpha value is -1.11. The highest BCUT2D eigenvalue weighted by Gasteiger charge is 2.27. The molecule has 0 fully saturated rings. The third kappa shape index (κ3) is 1.68. The molecule has 0 amide bonds. The van der Waals surface area contributed by atoms with E-state index >= 15 is 0 Å². The van der Waals surface area contributed by atoms with Gasteiger partial charge in [-0.3, -0.25) is 0 Å². The topological polar surface area (TPSA) is 57.5 Å². The van der Waals surface area contributed by atoms with Gasteiger partial charge >= 0.3 is 5.04 Å². The molecule has 4 nitrogen and oxygen atoms in total. The van der Waals surface area contributed by atoms with Gasteiger partial charge in [-0.25, -0.2) is 4.98 Å². The molecule has 16 heavy (non-hydrogen) atoms. The smallest absolute Gasteiger partial charge is 0.314 e. The Kier molecular flexibility index (Phi) is 2.55. The molecule has 82 valence electrons. The molecule has 2 aromatic rings. The molecule has 1 aliphatic rings. The number of oxime groups is 1. The van der Waals surface area contributed by atoms with Gasteiger partial charge in [0.05, 0.1) is 10.2 Å². The maximum absolute atomic E-state index is 11.7. The van der Waals surface area contributed by atoms with E-state index in [0.29, 0.717) is 22.4 Å². The van der Waals surface area contributed by atoms with Crippen molar-refractivity contribution < 1.29 is 9.39 Å². The first-order valence-corrected chi connectivity index (χ1v) is 6.92. The monoisotopic (exact) mass is 252 g/mol. The summed E-state index contributed by atoms with van der Waals surface area (Å²) in [6, 6.07) is 7.81. The van der Waals surface area contributed by atoms with Gasteiger partial charge in [0.15, 0.2) is 11.6 Å². The quantitative estimate of drug-likeness (QED) is 0.726. The highest BCUT2D eigenvalue weighted by atomic mass is 32.2. The summed E-state index contributed by atoms with van der Waals surface area (Å²) in [5.74, 6) is 0.495. The van der Waals surface area contributed by atoms with E-state index in [2.05, 4.69) is 10.1 Å². The van der Waals surface area contributed by atoms with Gasteiger partial charge in [0.2, 0.25) is 0 Å². The average Bonchev–Trinajstić information content (AvgIpc) is 2.73. The lowest BCUT2D eigenvalue weighted by Crippen LogP contribution is -2.26. The van der Waals surface area contributed by atoms with Crippen LogP contribution in [0.15, 0.2) is 29.4 Å². The number of aromatic nitrogens is 1. The summed E-state index contributed by atoms with van der Waals surface area (Å²) < 4.78 is 12.8. The maximum atomic E-state index is 11.7. The summed E-state index contributed by atoms with van der Waals surface area (Å²) >= 11 is 0.410. The lowest BCUT2D eigenvalue weighted by Gasteiger charge is -2.13. The van der Waals surface area contributed by atoms with E-state index in [4.69, 9.17) is 4.84 Å². The van der Waals surface area contributed by atoms with Crippen LogP contribution in [-0.4, -0.2) is 26.9 Å². The third-order valence-electron chi connectivity index (χ3n) is 2.20. The van der Waals surface area contributed by atoms with Crippen LogP contribution in [0.5, 0.6) is 0 Å². The van der Waals surface area contributed by atoms with Gasteiger partial charge in [0.25, 0.3) is 0 Å². The zero-order valence-corrected chi connectivity index (χ0v) is 9.88. The Morgan fingerprint density at radius 1 is 1.38 bits per heavy atom. The number of hydrogen-bond donors (Lipinski definition) is 0. The van der Waals surface area contributed by atoms with Gasteiger partial charge in [-0.2, -0.15) is 0 Å². The zero-order valence-electron chi connectivity index (χ0n) is 8.25. The maximum Gasteiger partial charge on any atom is 0.314 e. The summed E-state index contributed by atoms with van der Waals surface area (Å²) in [6.07, 6.45) is 0. The van der Waals surface area contributed by atoms with E-state index in [9.17, 15) is 4.55 Å². The average molecular weight is 252 g/mol. The van der Waals surface area contributed by atoms with Crippen molar-refractivity contribution in [3.63, 3.8) is 0 Å². The van der Waals surface area contributed by atoms with E-state index in [1.165, 1.54) is 11.3 Å². The van der Waals surface area contributed by atoms with Crippen LogP contribution < -0.4 is 0 Å². The van der Waals surface area contributed by atoms with Crippen LogP contribution >= 0.6 is 11.3 Å². The van der Waals surface area contributed by atoms with Crippen LogP contribution in [0.25, 0.3) is 10.2 Å². The van der Waals surface area contributed by atoms with Crippen molar-refractivity contribution in [2.45, 2.75) is 0 Å². The molecule has 1 aromatic heterocycles. The fraction of sp³-hybridized carbons (Fsp3) is 0.200. The summed E-state index contributed by atoms with van der Waals surface area (Å²) in [5.41, 5.74) is 0.910. The first kappa shape index (κ1) is 10.1. The molecule has 0 saturated heterocycles. The number of fused-ring (bicyclic) bond motifs is 1. The molecule has 2 heterocycles. The first-order valence-electron chi connectivity index (χ1n) is 4.79. The van der Waals surface area contributed by atoms with Gasteiger partial charge in [0.1, 0.15) is 5.75 Å². The Morgan fingerprint density at radius 2 is 2.25 bits per heavy atom. The molecular formula is C10H8N2O2S2. The highest BCUT2D eigenvalue weighted by molar-refractivity contribution is 8.07. The number of hydrogen-bond acceptors (Lipinski definition) is 5. The van der Waals surface area contributed by atoms with E-state index in [0.717, 1.165) is 10.2 Å². The largest absolute Gasteiger partial charge is 0.610 e. The minimum atomic E-state index is -1.08. The number of thiazole rings is 1. The van der Waals surface area contributed by atoms with Crippen molar-refractivity contribution in [1.82, 2.24) is 4.98 Å². The number of para-hydroxylation sites is 1. The van der Waals surface area contributed by atoms with Crippen molar-refractivity contribution in [2.24, 2.45) is 5.16 Å². The lowest BCUT2D eigenvalue weighted by molar-refractivity contribution is 0.158. The van der Waals surface area contributed by atoms with Gasteiger partial charge in [-0.15, -0.1) is 11.3 Å². The predicted molar refractivity (Wildman–Crippen MR) is 65.1 cm³/mol. The molecule has 3 rings (SSSR count). The van der Waals surface area contributed by atoms with E-state index in [1.54, 1.807) is 0 Å². The van der Waals surface area contributed by atoms with Gasteiger partial charge in [-0.1, -0.05) is 12.1 Å². The number of rotatable bonds is 1. The van der Waals surface area contributed by atoms with Crippen LogP contribution in [0, 0.1) is 0 Å². The van der Waals surface area contributed by atoms with Crippen LogP contribution in [0.3, 0.4) is 0 Å². The Morgan fingerprint density at radius 3 is 3.06 bits per heavy atom. The molecule has 0 spiro atoms. The predicted octanol–water partition coefficient (Wildman–Crippen LogP) is 1.74. The van der Waals surface area contributed by atoms with Gasteiger partial charge in [-0.05, 0) is 17.3 Å². The molecule has 0 bridgehead atoms. The zero-order chi connectivity index (χ0) is 11.0. The molecule has 0 radical (unpaired) electrons. The van der Waals surface area contributed by atoms with Crippen molar-refractivity contribution >= 4 is 37.8 Å². The SMILES string of the molecule is [O-][S+]1CCON=C1c1nc2ccccc2s1. The second kappa shape index (κ2) is 4.04. The van der Waals surface area contributed by atoms with Crippen molar-refractivity contribution in [1.29, 1.82) is 0 Å². The van der Waals surface area contributed by atoms with Crippen LogP contribution in [0.1, 0.15) is 5.01 Å². The molecule has 1 aliphatic heterocycles. The number of benzene rings is 1. The van der Waals surface area contributed by atoms with Crippen LogP contribution in [0.4, 0.5) is 0 Å². The van der Waals surface area contributed by atoms with E-state index < -0.39 is 11.2 Å². The first-order chi connectivity index (χ1) is 7.84. The molecule has 0 saturated carbocycles. The molecule has 1 atom stereocenters. The van der Waals surface area contributed by atoms with Crippen LogP contribution in [0.2, 0.25) is 0 Å². The minimum absolute atomic E-state index is 0.418. The minimum Gasteiger partial charge on any atom is -0.610 e. The molecule has 1 unspecified atom stereocenters. The normalized spacial score (nSPS) is 20.6. The second-order valence-corrected chi connectivity index (χ2v) is 5.78. The van der Waals surface area contributed by atoms with Crippen molar-refractivity contribution in [3.8, 4) is 0 Å². The van der Waals surface area contributed by atoms with E-state index in [1.807, 2.05) is 24.3 Å². The summed E-state index contributed by atoms with van der Waals surface area (Å²) in [4.78, 5) is 9.37. The Balaban J connectivity index is 2.08. The standard InChI is InChI=1S/C10H8N2O2S2/c13-16-6-5-14-12-10(16)9-11-7-3-1-2-4-8(7)15-9/h1-4H,5-6H2. The van der Waals surface area contributed by atoms with Crippen molar-refractivity contribution in [2.75, 3.05) is 12.4 Å². The second-order valence-electron chi connectivity index (χ2n) is 3.27. The van der Waals surface area contributed by atoms with Crippen LogP contribution in [-0.2, 0) is 16.0 Å². The number of nitrogens with zero attached hydrogens (tertiary/aromatic N) is 2. The van der Waals surface area contributed by atoms with E-state index in [-0.39, 0.29) is 0 Å². The fourth-order valence-electron chi connectivity index (χ4n) is 1.46. The lowest BCUT2D eigenvalue weighted by atomic mass is 10.3. The van der Waals surface area contributed by atoms with Gasteiger partial charge < -0.3 is 9.39 Å². The Labute approximate surface area is 99.1 Å². The molecule has 6 heteroatoms. The highest BCUT2D eigenvalue weighted by Crippen LogP contribution is 2.24. The van der Waals surface area contributed by atoms with Crippen molar-refractivity contribution in [3.05, 3.63) is 29.3 Å². The summed E-state index contributed by atoms with van der Waals surface area (Å²) in [7, 11) is 0. The molecule has 0 N–H and O–H groups in total. The summed E-state index contributed by atoms with van der Waals surface area (Å²) in [5, 5.41) is 5.00. The fourth-order valence-corrected chi connectivity index (χ4v) is 3.50. The molecule has 0 aliphatic carbocycles. The third-order valence-corrected chi connectivity index (χ3v) is 4.61.